The van der Waals surface area contributed by atoms with Crippen molar-refractivity contribution in [1.82, 2.24) is 16.0 Å². The van der Waals surface area contributed by atoms with Gasteiger partial charge >= 0.3 is 5.97 Å². The molecule has 2 unspecified atom stereocenters. The molecule has 0 fully saturated rings. The molecule has 126 valence electrons. The fraction of sp³-hybridized carbons (Fsp3) is 0.667. The van der Waals surface area contributed by atoms with Crippen LogP contribution < -0.4 is 21.7 Å². The summed E-state index contributed by atoms with van der Waals surface area (Å²) in [6, 6.07) is -1.92. The Morgan fingerprint density at radius 2 is 1.82 bits per heavy atom. The molecule has 0 aliphatic heterocycles. The lowest BCUT2D eigenvalue weighted by Crippen LogP contribution is -2.52. The van der Waals surface area contributed by atoms with Crippen molar-refractivity contribution in [2.24, 2.45) is 5.73 Å². The SMILES string of the molecule is CSCCC(NC(=O)CNC(=O)CN)C(=O)NC(C)C(=O)O. The van der Waals surface area contributed by atoms with E-state index in [4.69, 9.17) is 10.8 Å². The Morgan fingerprint density at radius 3 is 2.32 bits per heavy atom. The molecular formula is C12H22N4O5S. The summed E-state index contributed by atoms with van der Waals surface area (Å²) in [5, 5.41) is 15.8. The molecule has 0 aromatic rings. The van der Waals surface area contributed by atoms with E-state index in [0.29, 0.717) is 12.2 Å². The topological polar surface area (TPSA) is 151 Å². The summed E-state index contributed by atoms with van der Waals surface area (Å²) >= 11 is 1.49. The fourth-order valence-corrected chi connectivity index (χ4v) is 1.85. The van der Waals surface area contributed by atoms with E-state index < -0.39 is 35.8 Å². The minimum Gasteiger partial charge on any atom is -0.480 e. The number of carbonyl (C=O) groups excluding carboxylic acids is 3. The number of amides is 3. The number of hydrogen-bond donors (Lipinski definition) is 5. The number of carboxylic acids is 1. The maximum absolute atomic E-state index is 12.0. The molecule has 0 saturated heterocycles. The standard InChI is InChI=1S/C12H22N4O5S/c1-7(12(20)21)15-11(19)8(3-4-22-2)16-10(18)6-14-9(17)5-13/h7-8H,3-6,13H2,1-2H3,(H,14,17)(H,15,19)(H,16,18)(H,20,21). The predicted octanol–water partition coefficient (Wildman–Crippen LogP) is -2.11. The van der Waals surface area contributed by atoms with Crippen molar-refractivity contribution in [2.45, 2.75) is 25.4 Å². The summed E-state index contributed by atoms with van der Waals surface area (Å²) in [5.41, 5.74) is 5.09. The average Bonchev–Trinajstić information content (AvgIpc) is 2.48. The van der Waals surface area contributed by atoms with Gasteiger partial charge in [0, 0.05) is 0 Å². The monoisotopic (exact) mass is 334 g/mol. The Bertz CT molecular complexity index is 418. The minimum atomic E-state index is -1.17. The molecule has 2 atom stereocenters. The minimum absolute atomic E-state index is 0.236. The molecule has 10 heteroatoms. The molecule has 0 rings (SSSR count). The molecule has 0 aromatic carbocycles. The molecule has 0 bridgehead atoms. The van der Waals surface area contributed by atoms with Gasteiger partial charge in [-0.2, -0.15) is 11.8 Å². The van der Waals surface area contributed by atoms with Gasteiger partial charge in [0.15, 0.2) is 0 Å². The number of nitrogens with one attached hydrogen (secondary N) is 3. The van der Waals surface area contributed by atoms with Crippen molar-refractivity contribution in [1.29, 1.82) is 0 Å². The zero-order chi connectivity index (χ0) is 17.1. The highest BCUT2D eigenvalue weighted by atomic mass is 32.2. The van der Waals surface area contributed by atoms with E-state index >= 15 is 0 Å². The lowest BCUT2D eigenvalue weighted by atomic mass is 10.2. The molecule has 22 heavy (non-hydrogen) atoms. The summed E-state index contributed by atoms with van der Waals surface area (Å²) in [7, 11) is 0. The zero-order valence-corrected chi connectivity index (χ0v) is 13.4. The second-order valence-electron chi connectivity index (χ2n) is 4.45. The first-order chi connectivity index (χ1) is 10.3. The van der Waals surface area contributed by atoms with E-state index in [2.05, 4.69) is 16.0 Å². The first-order valence-corrected chi connectivity index (χ1v) is 7.99. The van der Waals surface area contributed by atoms with Crippen LogP contribution >= 0.6 is 11.8 Å². The first-order valence-electron chi connectivity index (χ1n) is 6.60. The van der Waals surface area contributed by atoms with Crippen LogP contribution in [0.3, 0.4) is 0 Å². The molecule has 0 aromatic heterocycles. The Morgan fingerprint density at radius 1 is 1.18 bits per heavy atom. The fourth-order valence-electron chi connectivity index (χ4n) is 1.38. The van der Waals surface area contributed by atoms with Crippen LogP contribution in [0.15, 0.2) is 0 Å². The molecule has 9 nitrogen and oxygen atoms in total. The summed E-state index contributed by atoms with van der Waals surface area (Å²) in [6.45, 7) is 0.794. The van der Waals surface area contributed by atoms with Crippen LogP contribution in [-0.2, 0) is 19.2 Å². The first kappa shape index (κ1) is 20.2. The van der Waals surface area contributed by atoms with Crippen LogP contribution in [0, 0.1) is 0 Å². The van der Waals surface area contributed by atoms with Crippen molar-refractivity contribution >= 4 is 35.5 Å². The van der Waals surface area contributed by atoms with Gasteiger partial charge in [-0.25, -0.2) is 0 Å². The van der Waals surface area contributed by atoms with Crippen molar-refractivity contribution < 1.29 is 24.3 Å². The third kappa shape index (κ3) is 8.47. The average molecular weight is 334 g/mol. The lowest BCUT2D eigenvalue weighted by molar-refractivity contribution is -0.141. The second kappa shape index (κ2) is 10.9. The summed E-state index contributed by atoms with van der Waals surface area (Å²) in [6.07, 6.45) is 2.19. The zero-order valence-electron chi connectivity index (χ0n) is 12.5. The maximum Gasteiger partial charge on any atom is 0.325 e. The Labute approximate surface area is 132 Å². The molecular weight excluding hydrogens is 312 g/mol. The third-order valence-corrected chi connectivity index (χ3v) is 3.27. The number of aliphatic carboxylic acids is 1. The van der Waals surface area contributed by atoms with E-state index in [0.717, 1.165) is 0 Å². The van der Waals surface area contributed by atoms with Gasteiger partial charge in [-0.05, 0) is 25.4 Å². The number of thioether (sulfide) groups is 1. The Balaban J connectivity index is 4.55. The van der Waals surface area contributed by atoms with Crippen molar-refractivity contribution in [2.75, 3.05) is 25.1 Å². The van der Waals surface area contributed by atoms with Gasteiger partial charge in [0.05, 0.1) is 13.1 Å². The van der Waals surface area contributed by atoms with Crippen molar-refractivity contribution in [3.8, 4) is 0 Å². The number of hydrogen-bond acceptors (Lipinski definition) is 6. The quantitative estimate of drug-likeness (QED) is 0.307. The molecule has 0 aliphatic carbocycles. The molecule has 0 radical (unpaired) electrons. The van der Waals surface area contributed by atoms with Crippen LogP contribution in [-0.4, -0.2) is 66.0 Å². The molecule has 0 heterocycles. The van der Waals surface area contributed by atoms with Crippen LogP contribution in [0.2, 0.25) is 0 Å². The maximum atomic E-state index is 12.0. The predicted molar refractivity (Wildman–Crippen MR) is 82.2 cm³/mol. The third-order valence-electron chi connectivity index (χ3n) is 2.62. The number of rotatable bonds is 10. The number of nitrogens with two attached hydrogens (primary N) is 1. The molecule has 0 saturated carbocycles. The Hall–Kier alpha value is -1.81. The van der Waals surface area contributed by atoms with E-state index in [-0.39, 0.29) is 13.1 Å². The summed E-state index contributed by atoms with van der Waals surface area (Å²) < 4.78 is 0. The van der Waals surface area contributed by atoms with Gasteiger partial charge in [-0.15, -0.1) is 0 Å². The molecule has 3 amide bonds. The van der Waals surface area contributed by atoms with Gasteiger partial charge in [-0.3, -0.25) is 19.2 Å². The number of carboxylic acid groups (broad SMARTS) is 1. The highest BCUT2D eigenvalue weighted by molar-refractivity contribution is 7.98. The molecule has 0 spiro atoms. The van der Waals surface area contributed by atoms with Gasteiger partial charge in [0.2, 0.25) is 17.7 Å². The van der Waals surface area contributed by atoms with Crippen LogP contribution in [0.25, 0.3) is 0 Å². The van der Waals surface area contributed by atoms with Crippen LogP contribution in [0.5, 0.6) is 0 Å². The number of carbonyl (C=O) groups is 4. The van der Waals surface area contributed by atoms with E-state index in [9.17, 15) is 19.2 Å². The highest BCUT2D eigenvalue weighted by Gasteiger charge is 2.23. The Kier molecular flexibility index (Phi) is 9.96. The van der Waals surface area contributed by atoms with Crippen LogP contribution in [0.4, 0.5) is 0 Å². The van der Waals surface area contributed by atoms with E-state index in [1.807, 2.05) is 6.26 Å². The van der Waals surface area contributed by atoms with E-state index in [1.165, 1.54) is 18.7 Å². The van der Waals surface area contributed by atoms with Gasteiger partial charge in [-0.1, -0.05) is 0 Å². The van der Waals surface area contributed by atoms with E-state index in [1.54, 1.807) is 0 Å². The van der Waals surface area contributed by atoms with Crippen molar-refractivity contribution in [3.05, 3.63) is 0 Å². The van der Waals surface area contributed by atoms with Gasteiger partial charge in [0.25, 0.3) is 0 Å². The largest absolute Gasteiger partial charge is 0.480 e. The highest BCUT2D eigenvalue weighted by Crippen LogP contribution is 2.01. The summed E-state index contributed by atoms with van der Waals surface area (Å²) in [5.74, 6) is -2.18. The van der Waals surface area contributed by atoms with Gasteiger partial charge in [0.1, 0.15) is 12.1 Å². The molecule has 6 N–H and O–H groups in total. The normalized spacial score (nSPS) is 12.9. The van der Waals surface area contributed by atoms with Gasteiger partial charge < -0.3 is 26.8 Å². The molecule has 0 aliphatic rings. The second-order valence-corrected chi connectivity index (χ2v) is 5.44. The van der Waals surface area contributed by atoms with Crippen LogP contribution in [0.1, 0.15) is 13.3 Å². The smallest absolute Gasteiger partial charge is 0.325 e. The lowest BCUT2D eigenvalue weighted by Gasteiger charge is -2.19. The summed E-state index contributed by atoms with van der Waals surface area (Å²) in [4.78, 5) is 45.4. The van der Waals surface area contributed by atoms with Crippen molar-refractivity contribution in [3.63, 3.8) is 0 Å².